The lowest BCUT2D eigenvalue weighted by molar-refractivity contribution is -0.0979. The van der Waals surface area contributed by atoms with Gasteiger partial charge in [-0.15, -0.1) is 0 Å². The molecular weight excluding hydrogens is 382 g/mol. The van der Waals surface area contributed by atoms with Gasteiger partial charge in [0.25, 0.3) is 0 Å². The summed E-state index contributed by atoms with van der Waals surface area (Å²) in [6.45, 7) is 7.71. The van der Waals surface area contributed by atoms with Gasteiger partial charge in [0.15, 0.2) is 0 Å². The number of anilines is 1. The molecule has 0 aliphatic heterocycles. The topological polar surface area (TPSA) is 63.2 Å². The summed E-state index contributed by atoms with van der Waals surface area (Å²) in [7, 11) is -0.790. The summed E-state index contributed by atoms with van der Waals surface area (Å²) in [6.07, 6.45) is 5.37. The molecule has 2 aromatic rings. The summed E-state index contributed by atoms with van der Waals surface area (Å²) in [5.74, 6) is 1.62. The van der Waals surface area contributed by atoms with Crippen molar-refractivity contribution in [2.24, 2.45) is 5.92 Å². The average Bonchev–Trinajstić information content (AvgIpc) is 3.15. The van der Waals surface area contributed by atoms with Crippen LogP contribution in [0.2, 0.25) is 0 Å². The Labute approximate surface area is 176 Å². The number of sulfone groups is 1. The van der Waals surface area contributed by atoms with E-state index in [-0.39, 0.29) is 5.25 Å². The Kier molecular flexibility index (Phi) is 10.1. The molecule has 1 fully saturated rings. The van der Waals surface area contributed by atoms with Gasteiger partial charge in [-0.25, -0.2) is 8.42 Å². The smallest absolute Gasteiger partial charge is 0.149 e. The van der Waals surface area contributed by atoms with Gasteiger partial charge in [-0.2, -0.15) is 0 Å². The van der Waals surface area contributed by atoms with Crippen molar-refractivity contribution in [1.82, 2.24) is 0 Å². The monoisotopic (exact) mass is 417 g/mol. The zero-order valence-electron chi connectivity index (χ0n) is 18.3. The number of hydrogen-bond donors (Lipinski definition) is 1. The largest absolute Gasteiger partial charge is 0.388 e. The maximum Gasteiger partial charge on any atom is 0.149 e. The lowest BCUT2D eigenvalue weighted by Gasteiger charge is -2.16. The lowest BCUT2D eigenvalue weighted by Crippen LogP contribution is -2.10. The first-order valence-electron chi connectivity index (χ1n) is 10.1. The second-order valence-electron chi connectivity index (χ2n) is 7.84. The molecule has 0 aromatic heterocycles. The van der Waals surface area contributed by atoms with E-state index in [4.69, 9.17) is 4.79 Å². The van der Waals surface area contributed by atoms with E-state index >= 15 is 0 Å². The van der Waals surface area contributed by atoms with E-state index in [1.165, 1.54) is 42.2 Å². The van der Waals surface area contributed by atoms with Gasteiger partial charge in [-0.05, 0) is 60.9 Å². The second kappa shape index (κ2) is 11.8. The predicted molar refractivity (Wildman–Crippen MR) is 124 cm³/mol. The standard InChI is InChI=1S/C19H23N.C4H10O2S.CH2O/c1-14-4-3-5-19(14)17-8-6-15(7-9-17)16-10-12-18(20-2)13-11-16;1-4(2)7(3,5)6;1-2/h6-14,19-20H,3-5H2,1-2H3;4H,1-3H3;1H2/t14?,19-;;/m1../s1. The third-order valence-corrected chi connectivity index (χ3v) is 7.28. The van der Waals surface area contributed by atoms with Crippen LogP contribution in [0.3, 0.4) is 0 Å². The molecular formula is C24H35NO3S. The molecule has 1 unspecified atom stereocenters. The molecule has 3 rings (SSSR count). The van der Waals surface area contributed by atoms with Crippen LogP contribution in [-0.4, -0.2) is 33.8 Å². The van der Waals surface area contributed by atoms with Gasteiger partial charge in [0.2, 0.25) is 0 Å². The normalized spacial score (nSPS) is 18.3. The molecule has 5 heteroatoms. The molecule has 0 heterocycles. The van der Waals surface area contributed by atoms with Crippen LogP contribution < -0.4 is 5.32 Å². The second-order valence-corrected chi connectivity index (χ2v) is 10.4. The van der Waals surface area contributed by atoms with Crippen molar-refractivity contribution in [2.75, 3.05) is 18.6 Å². The third-order valence-electron chi connectivity index (χ3n) is 5.56. The van der Waals surface area contributed by atoms with Crippen LogP contribution in [0.1, 0.15) is 51.5 Å². The molecule has 1 aliphatic rings. The van der Waals surface area contributed by atoms with E-state index in [1.807, 2.05) is 13.8 Å². The molecule has 0 saturated heterocycles. The Balaban J connectivity index is 0.000000399. The molecule has 4 nitrogen and oxygen atoms in total. The van der Waals surface area contributed by atoms with Crippen molar-refractivity contribution >= 4 is 22.3 Å². The molecule has 0 amide bonds. The van der Waals surface area contributed by atoms with Gasteiger partial charge in [-0.1, -0.05) is 56.2 Å². The van der Waals surface area contributed by atoms with E-state index in [9.17, 15) is 8.42 Å². The third kappa shape index (κ3) is 7.65. The van der Waals surface area contributed by atoms with Crippen molar-refractivity contribution in [1.29, 1.82) is 0 Å². The highest BCUT2D eigenvalue weighted by atomic mass is 32.2. The first-order chi connectivity index (χ1) is 13.7. The summed E-state index contributed by atoms with van der Waals surface area (Å²) < 4.78 is 20.7. The van der Waals surface area contributed by atoms with Crippen LogP contribution in [0.15, 0.2) is 48.5 Å². The molecule has 2 aromatic carbocycles. The minimum Gasteiger partial charge on any atom is -0.388 e. The molecule has 160 valence electrons. The first kappa shape index (κ1) is 24.9. The van der Waals surface area contributed by atoms with E-state index in [0.29, 0.717) is 0 Å². The fourth-order valence-electron chi connectivity index (χ4n) is 3.39. The van der Waals surface area contributed by atoms with Gasteiger partial charge in [0.05, 0.1) is 5.25 Å². The highest BCUT2D eigenvalue weighted by Crippen LogP contribution is 2.39. The number of benzene rings is 2. The Bertz CT molecular complexity index is 827. The number of nitrogens with one attached hydrogen (secondary N) is 1. The van der Waals surface area contributed by atoms with Crippen LogP contribution in [0, 0.1) is 5.92 Å². The minimum atomic E-state index is -2.74. The number of carbonyl (C=O) groups is 1. The van der Waals surface area contributed by atoms with Gasteiger partial charge in [0, 0.05) is 19.0 Å². The maximum absolute atomic E-state index is 10.3. The fraction of sp³-hybridized carbons (Fsp3) is 0.458. The molecule has 0 bridgehead atoms. The predicted octanol–water partition coefficient (Wildman–Crippen LogP) is 5.55. The summed E-state index contributed by atoms with van der Waals surface area (Å²) in [4.78, 5) is 8.00. The van der Waals surface area contributed by atoms with Crippen molar-refractivity contribution < 1.29 is 13.2 Å². The quantitative estimate of drug-likeness (QED) is 0.708. The number of rotatable bonds is 4. The van der Waals surface area contributed by atoms with Crippen molar-refractivity contribution in [2.45, 2.75) is 51.2 Å². The SMILES string of the molecule is C=O.CC(C)S(C)(=O)=O.CNc1ccc(-c2ccc([C@@H]3CCCC3C)cc2)cc1. The van der Waals surface area contributed by atoms with E-state index < -0.39 is 9.84 Å². The zero-order chi connectivity index (χ0) is 22.0. The van der Waals surface area contributed by atoms with Crippen molar-refractivity contribution in [3.63, 3.8) is 0 Å². The Morgan fingerprint density at radius 3 is 1.72 bits per heavy atom. The molecule has 0 radical (unpaired) electrons. The van der Waals surface area contributed by atoms with E-state index in [2.05, 4.69) is 60.8 Å². The van der Waals surface area contributed by atoms with Crippen LogP contribution >= 0.6 is 0 Å². The summed E-state index contributed by atoms with van der Waals surface area (Å²) in [6, 6.07) is 17.8. The Morgan fingerprint density at radius 1 is 0.931 bits per heavy atom. The summed E-state index contributed by atoms with van der Waals surface area (Å²) in [5, 5.41) is 2.93. The fourth-order valence-corrected chi connectivity index (χ4v) is 3.39. The molecule has 1 saturated carbocycles. The van der Waals surface area contributed by atoms with Gasteiger partial charge in [0.1, 0.15) is 16.6 Å². The van der Waals surface area contributed by atoms with E-state index in [1.54, 1.807) is 13.8 Å². The number of hydrogen-bond acceptors (Lipinski definition) is 4. The summed E-state index contributed by atoms with van der Waals surface area (Å²) in [5.41, 5.74) is 5.27. The highest BCUT2D eigenvalue weighted by molar-refractivity contribution is 7.91. The molecule has 1 aliphatic carbocycles. The molecule has 2 atom stereocenters. The van der Waals surface area contributed by atoms with Crippen molar-refractivity contribution in [3.8, 4) is 11.1 Å². The van der Waals surface area contributed by atoms with Crippen LogP contribution in [0.25, 0.3) is 11.1 Å². The van der Waals surface area contributed by atoms with Crippen LogP contribution in [-0.2, 0) is 14.6 Å². The van der Waals surface area contributed by atoms with Gasteiger partial charge in [-0.3, -0.25) is 0 Å². The average molecular weight is 418 g/mol. The Hall–Kier alpha value is -2.14. The lowest BCUT2D eigenvalue weighted by atomic mass is 9.89. The minimum absolute atomic E-state index is 0.229. The molecule has 0 spiro atoms. The van der Waals surface area contributed by atoms with Gasteiger partial charge < -0.3 is 10.1 Å². The highest BCUT2D eigenvalue weighted by Gasteiger charge is 2.24. The molecule has 1 N–H and O–H groups in total. The van der Waals surface area contributed by atoms with Crippen LogP contribution in [0.5, 0.6) is 0 Å². The van der Waals surface area contributed by atoms with Crippen LogP contribution in [0.4, 0.5) is 5.69 Å². The summed E-state index contributed by atoms with van der Waals surface area (Å²) >= 11 is 0. The maximum atomic E-state index is 10.3. The van der Waals surface area contributed by atoms with E-state index in [0.717, 1.165) is 17.5 Å². The zero-order valence-corrected chi connectivity index (χ0v) is 19.1. The number of carbonyl (C=O) groups excluding carboxylic acids is 1. The molecule has 29 heavy (non-hydrogen) atoms. The van der Waals surface area contributed by atoms with Gasteiger partial charge >= 0.3 is 0 Å². The van der Waals surface area contributed by atoms with Crippen molar-refractivity contribution in [3.05, 3.63) is 54.1 Å². The Morgan fingerprint density at radius 2 is 1.38 bits per heavy atom. The first-order valence-corrected chi connectivity index (χ1v) is 12.0.